The molecule has 1 aromatic rings. The van der Waals surface area contributed by atoms with E-state index in [0.717, 1.165) is 12.2 Å². The van der Waals surface area contributed by atoms with E-state index in [-0.39, 0.29) is 6.03 Å². The average molecular weight is 233 g/mol. The van der Waals surface area contributed by atoms with Gasteiger partial charge in [0.1, 0.15) is 0 Å². The molecule has 1 aliphatic carbocycles. The summed E-state index contributed by atoms with van der Waals surface area (Å²) in [6.07, 6.45) is 9.76. The lowest BCUT2D eigenvalue weighted by Crippen LogP contribution is -2.33. The highest BCUT2D eigenvalue weighted by molar-refractivity contribution is 5.88. The molecular formula is C13H19N3O. The Kier molecular flexibility index (Phi) is 4.36. The maximum absolute atomic E-state index is 11.6. The minimum absolute atomic E-state index is 0.136. The molecule has 1 fully saturated rings. The minimum Gasteiger partial charge on any atom is -0.338 e. The van der Waals surface area contributed by atoms with Gasteiger partial charge in [0.25, 0.3) is 0 Å². The Balaban J connectivity index is 1.70. The lowest BCUT2D eigenvalue weighted by atomic mass is 9.89. The Morgan fingerprint density at radius 2 is 2.18 bits per heavy atom. The maximum atomic E-state index is 11.6. The molecule has 4 nitrogen and oxygen atoms in total. The zero-order valence-corrected chi connectivity index (χ0v) is 9.98. The minimum atomic E-state index is -0.136. The number of hydrogen-bond acceptors (Lipinski definition) is 2. The van der Waals surface area contributed by atoms with Crippen LogP contribution in [0.3, 0.4) is 0 Å². The number of rotatable bonds is 3. The molecular weight excluding hydrogens is 214 g/mol. The second kappa shape index (κ2) is 6.23. The summed E-state index contributed by atoms with van der Waals surface area (Å²) in [6.45, 7) is 0.784. The monoisotopic (exact) mass is 233 g/mol. The summed E-state index contributed by atoms with van der Waals surface area (Å²) in [7, 11) is 0. The standard InChI is InChI=1S/C13H19N3O/c17-13(16-12-7-4-8-14-10-12)15-9-11-5-2-1-3-6-11/h4,7-8,10-11H,1-3,5-6,9H2,(H2,15,16,17). The molecule has 0 atom stereocenters. The van der Waals surface area contributed by atoms with Crippen molar-refractivity contribution in [1.82, 2.24) is 10.3 Å². The van der Waals surface area contributed by atoms with Crippen molar-refractivity contribution in [2.75, 3.05) is 11.9 Å². The van der Waals surface area contributed by atoms with Crippen molar-refractivity contribution in [3.8, 4) is 0 Å². The van der Waals surface area contributed by atoms with Crippen molar-refractivity contribution in [3.63, 3.8) is 0 Å². The third-order valence-electron chi connectivity index (χ3n) is 3.20. The molecule has 2 rings (SSSR count). The van der Waals surface area contributed by atoms with E-state index < -0.39 is 0 Å². The van der Waals surface area contributed by atoms with Crippen molar-refractivity contribution in [3.05, 3.63) is 24.5 Å². The fourth-order valence-corrected chi connectivity index (χ4v) is 2.24. The molecule has 2 N–H and O–H groups in total. The van der Waals surface area contributed by atoms with Gasteiger partial charge in [0.2, 0.25) is 0 Å². The van der Waals surface area contributed by atoms with Crippen LogP contribution in [-0.4, -0.2) is 17.6 Å². The van der Waals surface area contributed by atoms with Crippen molar-refractivity contribution in [1.29, 1.82) is 0 Å². The number of hydrogen-bond donors (Lipinski definition) is 2. The van der Waals surface area contributed by atoms with Crippen LogP contribution in [0.4, 0.5) is 10.5 Å². The van der Waals surface area contributed by atoms with Crippen molar-refractivity contribution < 1.29 is 4.79 Å². The molecule has 1 aliphatic rings. The van der Waals surface area contributed by atoms with Crippen molar-refractivity contribution in [2.45, 2.75) is 32.1 Å². The van der Waals surface area contributed by atoms with Crippen LogP contribution in [0.2, 0.25) is 0 Å². The smallest absolute Gasteiger partial charge is 0.319 e. The predicted molar refractivity (Wildman–Crippen MR) is 67.8 cm³/mol. The molecule has 92 valence electrons. The number of carbonyl (C=O) groups is 1. The Morgan fingerprint density at radius 3 is 2.88 bits per heavy atom. The van der Waals surface area contributed by atoms with Gasteiger partial charge in [0.05, 0.1) is 11.9 Å². The molecule has 0 aliphatic heterocycles. The Hall–Kier alpha value is -1.58. The summed E-state index contributed by atoms with van der Waals surface area (Å²) in [5.41, 5.74) is 0.730. The quantitative estimate of drug-likeness (QED) is 0.843. The molecule has 0 bridgehead atoms. The highest BCUT2D eigenvalue weighted by Crippen LogP contribution is 2.22. The first-order chi connectivity index (χ1) is 8.34. The Labute approximate surface area is 102 Å². The van der Waals surface area contributed by atoms with Crippen molar-refractivity contribution >= 4 is 11.7 Å². The summed E-state index contributed by atoms with van der Waals surface area (Å²) >= 11 is 0. The molecule has 0 saturated heterocycles. The predicted octanol–water partition coefficient (Wildman–Crippen LogP) is 2.78. The molecule has 2 amide bonds. The number of nitrogens with one attached hydrogen (secondary N) is 2. The first-order valence-electron chi connectivity index (χ1n) is 6.29. The van der Waals surface area contributed by atoms with Crippen LogP contribution in [0.15, 0.2) is 24.5 Å². The van der Waals surface area contributed by atoms with E-state index in [1.807, 2.05) is 6.07 Å². The fourth-order valence-electron chi connectivity index (χ4n) is 2.24. The van der Waals surface area contributed by atoms with Gasteiger partial charge >= 0.3 is 6.03 Å². The molecule has 1 saturated carbocycles. The number of carbonyl (C=O) groups excluding carboxylic acids is 1. The van der Waals surface area contributed by atoms with E-state index in [2.05, 4.69) is 15.6 Å². The third kappa shape index (κ3) is 4.06. The van der Waals surface area contributed by atoms with Gasteiger partial charge in [-0.1, -0.05) is 19.3 Å². The zero-order chi connectivity index (χ0) is 11.9. The molecule has 0 spiro atoms. The molecule has 1 heterocycles. The van der Waals surface area contributed by atoms with E-state index in [1.54, 1.807) is 18.5 Å². The number of amides is 2. The van der Waals surface area contributed by atoms with Gasteiger partial charge in [-0.15, -0.1) is 0 Å². The number of urea groups is 1. The van der Waals surface area contributed by atoms with Gasteiger partial charge in [-0.3, -0.25) is 4.98 Å². The first-order valence-corrected chi connectivity index (χ1v) is 6.29. The van der Waals surface area contributed by atoms with Crippen LogP contribution in [0.5, 0.6) is 0 Å². The van der Waals surface area contributed by atoms with Crippen LogP contribution >= 0.6 is 0 Å². The summed E-state index contributed by atoms with van der Waals surface area (Å²) in [5, 5.41) is 5.69. The third-order valence-corrected chi connectivity index (χ3v) is 3.20. The summed E-state index contributed by atoms with van der Waals surface area (Å²) in [6, 6.07) is 3.49. The summed E-state index contributed by atoms with van der Waals surface area (Å²) in [5.74, 6) is 0.656. The van der Waals surface area contributed by atoms with E-state index in [1.165, 1.54) is 32.1 Å². The maximum Gasteiger partial charge on any atom is 0.319 e. The lowest BCUT2D eigenvalue weighted by molar-refractivity contribution is 0.247. The number of aromatic nitrogens is 1. The van der Waals surface area contributed by atoms with E-state index in [4.69, 9.17) is 0 Å². The van der Waals surface area contributed by atoms with Crippen LogP contribution in [-0.2, 0) is 0 Å². The molecule has 4 heteroatoms. The van der Waals surface area contributed by atoms with Crippen LogP contribution in [0.25, 0.3) is 0 Å². The molecule has 17 heavy (non-hydrogen) atoms. The second-order valence-electron chi connectivity index (χ2n) is 4.58. The normalized spacial score (nSPS) is 16.5. The van der Waals surface area contributed by atoms with E-state index >= 15 is 0 Å². The van der Waals surface area contributed by atoms with Gasteiger partial charge in [-0.25, -0.2) is 4.79 Å². The Morgan fingerprint density at radius 1 is 1.35 bits per heavy atom. The molecule has 0 radical (unpaired) electrons. The van der Waals surface area contributed by atoms with Gasteiger partial charge in [-0.2, -0.15) is 0 Å². The molecule has 1 aromatic heterocycles. The zero-order valence-electron chi connectivity index (χ0n) is 9.98. The fraction of sp³-hybridized carbons (Fsp3) is 0.538. The highest BCUT2D eigenvalue weighted by atomic mass is 16.2. The van der Waals surface area contributed by atoms with E-state index in [0.29, 0.717) is 5.92 Å². The molecule has 0 aromatic carbocycles. The van der Waals surface area contributed by atoms with Crippen LogP contribution in [0, 0.1) is 5.92 Å². The van der Waals surface area contributed by atoms with Crippen LogP contribution in [0.1, 0.15) is 32.1 Å². The number of nitrogens with zero attached hydrogens (tertiary/aromatic N) is 1. The van der Waals surface area contributed by atoms with Crippen LogP contribution < -0.4 is 10.6 Å². The van der Waals surface area contributed by atoms with Gasteiger partial charge in [0.15, 0.2) is 0 Å². The van der Waals surface area contributed by atoms with E-state index in [9.17, 15) is 4.79 Å². The number of anilines is 1. The van der Waals surface area contributed by atoms with Gasteiger partial charge < -0.3 is 10.6 Å². The summed E-state index contributed by atoms with van der Waals surface area (Å²) in [4.78, 5) is 15.6. The topological polar surface area (TPSA) is 54.0 Å². The van der Waals surface area contributed by atoms with Gasteiger partial charge in [0, 0.05) is 12.7 Å². The van der Waals surface area contributed by atoms with Crippen molar-refractivity contribution in [2.24, 2.45) is 5.92 Å². The van der Waals surface area contributed by atoms with Gasteiger partial charge in [-0.05, 0) is 30.9 Å². The largest absolute Gasteiger partial charge is 0.338 e. The average Bonchev–Trinajstić information content (AvgIpc) is 2.39. The number of pyridine rings is 1. The Bertz CT molecular complexity index is 347. The second-order valence-corrected chi connectivity index (χ2v) is 4.58. The lowest BCUT2D eigenvalue weighted by Gasteiger charge is -2.21. The first kappa shape index (κ1) is 11.9. The molecule has 0 unspecified atom stereocenters. The highest BCUT2D eigenvalue weighted by Gasteiger charge is 2.14. The summed E-state index contributed by atoms with van der Waals surface area (Å²) < 4.78 is 0. The SMILES string of the molecule is O=C(NCC1CCCCC1)Nc1cccnc1.